The van der Waals surface area contributed by atoms with Crippen LogP contribution in [0.3, 0.4) is 0 Å². The van der Waals surface area contributed by atoms with Gasteiger partial charge in [-0.15, -0.1) is 0 Å². The van der Waals surface area contributed by atoms with E-state index in [1.807, 2.05) is 0 Å². The first-order chi connectivity index (χ1) is 21.1. The third kappa shape index (κ3) is 17.7. The van der Waals surface area contributed by atoms with Crippen LogP contribution in [0.25, 0.3) is 6.08 Å². The van der Waals surface area contributed by atoms with E-state index in [0.717, 1.165) is 31.5 Å². The van der Waals surface area contributed by atoms with Gasteiger partial charge in [-0.05, 0) is 61.2 Å². The number of nitrogens with zero attached hydrogens (tertiary/aromatic N) is 1. The minimum atomic E-state index is -0.287. The molecule has 0 unspecified atom stereocenters. The summed E-state index contributed by atoms with van der Waals surface area (Å²) in [7, 11) is 0. The molecule has 0 N–H and O–H groups in total. The number of benzene rings is 2. The standard InChI is InChI=1S/C39H61NO3.Na/c1-4-7-10-13-16-19-30-40(31-20-17-14-11-8-5-2)35-25-22-34(23-26-35)24-29-38(41)37-28-27-36(33-39(37)42)43-32-21-18-15-12-9-6-3;/h22-29,33,42H,4-21,30-32H2,1-3H3;/q;+1/p-1/b29-24+;. The maximum absolute atomic E-state index is 12.8. The van der Waals surface area contributed by atoms with Crippen molar-refractivity contribution in [3.8, 4) is 11.5 Å². The van der Waals surface area contributed by atoms with Crippen molar-refractivity contribution in [1.82, 2.24) is 0 Å². The van der Waals surface area contributed by atoms with Gasteiger partial charge in [0, 0.05) is 24.3 Å². The van der Waals surface area contributed by atoms with Crippen LogP contribution in [0.5, 0.6) is 11.5 Å². The Morgan fingerprint density at radius 2 is 1.18 bits per heavy atom. The van der Waals surface area contributed by atoms with Gasteiger partial charge in [-0.25, -0.2) is 0 Å². The third-order valence-electron chi connectivity index (χ3n) is 8.23. The molecule has 2 rings (SSSR count). The summed E-state index contributed by atoms with van der Waals surface area (Å²) in [5.74, 6) is -0.0176. The monoisotopic (exact) mass is 613 g/mol. The molecule has 0 aromatic heterocycles. The van der Waals surface area contributed by atoms with Gasteiger partial charge < -0.3 is 14.7 Å². The molecule has 44 heavy (non-hydrogen) atoms. The minimum Gasteiger partial charge on any atom is -0.872 e. The Morgan fingerprint density at radius 1 is 0.682 bits per heavy atom. The van der Waals surface area contributed by atoms with E-state index in [9.17, 15) is 9.90 Å². The van der Waals surface area contributed by atoms with E-state index in [-0.39, 0.29) is 46.7 Å². The van der Waals surface area contributed by atoms with Crippen molar-refractivity contribution in [3.63, 3.8) is 0 Å². The number of carbonyl (C=O) groups is 1. The second-order valence-electron chi connectivity index (χ2n) is 12.1. The predicted octanol–water partition coefficient (Wildman–Crippen LogP) is 7.93. The summed E-state index contributed by atoms with van der Waals surface area (Å²) in [4.78, 5) is 15.3. The molecule has 0 atom stereocenters. The number of rotatable bonds is 26. The molecule has 0 amide bonds. The number of allylic oxidation sites excluding steroid dienone is 1. The minimum absolute atomic E-state index is 0. The molecule has 0 radical (unpaired) electrons. The summed E-state index contributed by atoms with van der Waals surface area (Å²) in [6, 6.07) is 13.3. The van der Waals surface area contributed by atoms with Gasteiger partial charge in [0.2, 0.25) is 0 Å². The molecule has 0 aliphatic heterocycles. The second-order valence-corrected chi connectivity index (χ2v) is 12.1. The van der Waals surface area contributed by atoms with Gasteiger partial charge in [0.15, 0.2) is 5.78 Å². The Morgan fingerprint density at radius 3 is 1.70 bits per heavy atom. The summed E-state index contributed by atoms with van der Waals surface area (Å²) in [5, 5.41) is 12.6. The van der Waals surface area contributed by atoms with Crippen LogP contribution in [0.4, 0.5) is 5.69 Å². The van der Waals surface area contributed by atoms with Gasteiger partial charge >= 0.3 is 29.6 Å². The van der Waals surface area contributed by atoms with Crippen molar-refractivity contribution in [3.05, 3.63) is 59.7 Å². The maximum Gasteiger partial charge on any atom is 1.00 e. The van der Waals surface area contributed by atoms with Crippen molar-refractivity contribution in [2.24, 2.45) is 0 Å². The fourth-order valence-corrected chi connectivity index (χ4v) is 5.46. The van der Waals surface area contributed by atoms with Gasteiger partial charge in [0.25, 0.3) is 0 Å². The topological polar surface area (TPSA) is 52.6 Å². The summed E-state index contributed by atoms with van der Waals surface area (Å²) in [6.07, 6.45) is 26.1. The molecule has 5 heteroatoms. The summed E-state index contributed by atoms with van der Waals surface area (Å²) in [5.41, 5.74) is 2.40. The van der Waals surface area contributed by atoms with Crippen LogP contribution in [0, 0.1) is 0 Å². The van der Waals surface area contributed by atoms with E-state index in [4.69, 9.17) is 4.74 Å². The molecule has 0 aliphatic carbocycles. The SMILES string of the molecule is CCCCCCCCOc1ccc(C(=O)/C=C/c2ccc(N(CCCCCCCC)CCCCCCCC)cc2)c([O-])c1.[Na+]. The first-order valence-electron chi connectivity index (χ1n) is 17.6. The molecule has 2 aromatic carbocycles. The zero-order chi connectivity index (χ0) is 31.0. The summed E-state index contributed by atoms with van der Waals surface area (Å²) < 4.78 is 5.75. The molecule has 0 saturated carbocycles. The first kappa shape index (κ1) is 40.3. The van der Waals surface area contributed by atoms with Crippen molar-refractivity contribution in [2.45, 2.75) is 136 Å². The second kappa shape index (κ2) is 26.5. The zero-order valence-electron chi connectivity index (χ0n) is 28.7. The fourth-order valence-electron chi connectivity index (χ4n) is 5.46. The molecular weight excluding hydrogens is 553 g/mol. The number of hydrogen-bond donors (Lipinski definition) is 0. The van der Waals surface area contributed by atoms with Crippen LogP contribution in [-0.2, 0) is 0 Å². The quantitative estimate of drug-likeness (QED) is 0.0468. The predicted molar refractivity (Wildman–Crippen MR) is 184 cm³/mol. The van der Waals surface area contributed by atoms with E-state index in [1.54, 1.807) is 18.2 Å². The van der Waals surface area contributed by atoms with Gasteiger partial charge in [-0.3, -0.25) is 4.79 Å². The molecule has 2 aromatic rings. The fraction of sp³-hybridized carbons (Fsp3) is 0.615. The molecule has 240 valence electrons. The van der Waals surface area contributed by atoms with Crippen molar-refractivity contribution in [1.29, 1.82) is 0 Å². The number of anilines is 1. The van der Waals surface area contributed by atoms with Gasteiger partial charge in [-0.2, -0.15) is 0 Å². The molecule has 4 nitrogen and oxygen atoms in total. The Balaban J connectivity index is 0.00000968. The van der Waals surface area contributed by atoms with Crippen LogP contribution in [0.1, 0.15) is 152 Å². The van der Waals surface area contributed by atoms with Crippen molar-refractivity contribution in [2.75, 3.05) is 24.6 Å². The van der Waals surface area contributed by atoms with Crippen molar-refractivity contribution >= 4 is 17.5 Å². The first-order valence-corrected chi connectivity index (χ1v) is 17.6. The van der Waals surface area contributed by atoms with Crippen LogP contribution >= 0.6 is 0 Å². The largest absolute Gasteiger partial charge is 1.00 e. The molecule has 0 saturated heterocycles. The molecule has 0 spiro atoms. The number of ether oxygens (including phenoxy) is 1. The maximum atomic E-state index is 12.8. The Bertz CT molecular complexity index is 1000. The Labute approximate surface area is 292 Å². The van der Waals surface area contributed by atoms with E-state index in [0.29, 0.717) is 12.4 Å². The van der Waals surface area contributed by atoms with Gasteiger partial charge in [-0.1, -0.05) is 141 Å². The summed E-state index contributed by atoms with van der Waals surface area (Å²) in [6.45, 7) is 9.54. The zero-order valence-corrected chi connectivity index (χ0v) is 30.7. The van der Waals surface area contributed by atoms with Crippen LogP contribution in [0.2, 0.25) is 0 Å². The van der Waals surface area contributed by atoms with Crippen LogP contribution in [0.15, 0.2) is 48.5 Å². The van der Waals surface area contributed by atoms with E-state index in [1.165, 1.54) is 121 Å². The average molecular weight is 614 g/mol. The Hall–Kier alpha value is -1.75. The number of hydrogen-bond acceptors (Lipinski definition) is 4. The smallest absolute Gasteiger partial charge is 0.872 e. The Kier molecular flexibility index (Phi) is 24.2. The van der Waals surface area contributed by atoms with Gasteiger partial charge in [0.05, 0.1) is 6.61 Å². The normalized spacial score (nSPS) is 11.1. The average Bonchev–Trinajstić information content (AvgIpc) is 3.02. The third-order valence-corrected chi connectivity index (χ3v) is 8.23. The van der Waals surface area contributed by atoms with E-state index < -0.39 is 0 Å². The molecule has 0 fully saturated rings. The van der Waals surface area contributed by atoms with Gasteiger partial charge in [0.1, 0.15) is 5.75 Å². The van der Waals surface area contributed by atoms with E-state index >= 15 is 0 Å². The van der Waals surface area contributed by atoms with Crippen molar-refractivity contribution < 1.29 is 44.2 Å². The summed E-state index contributed by atoms with van der Waals surface area (Å²) >= 11 is 0. The van der Waals surface area contributed by atoms with Crippen LogP contribution in [-0.4, -0.2) is 25.5 Å². The number of unbranched alkanes of at least 4 members (excludes halogenated alkanes) is 15. The molecular formula is C39H60NNaO3. The number of carbonyl (C=O) groups excluding carboxylic acids is 1. The van der Waals surface area contributed by atoms with E-state index in [2.05, 4.69) is 49.9 Å². The molecule has 0 heterocycles. The van der Waals surface area contributed by atoms with Crippen LogP contribution < -0.4 is 44.3 Å². The molecule has 0 bridgehead atoms. The molecule has 0 aliphatic rings. The number of ketones is 1.